The summed E-state index contributed by atoms with van der Waals surface area (Å²) < 4.78 is 6.77. The standard InChI is InChI=1S/C25H24N4O2S/c30-25(27-15-21-5-2-10-31-21)19-4-1-3-17(11-19)14-24-26-9-8-20(29-24)12-18-6-7-22-23(13-18)32-16-28-22/h1,3-4,6-9,11,13,16,21H,2,5,10,12,14-15H2,(H,27,30). The fourth-order valence-electron chi connectivity index (χ4n) is 3.96. The molecule has 2 aromatic heterocycles. The minimum absolute atomic E-state index is 0.0736. The molecule has 1 aliphatic rings. The predicted octanol–water partition coefficient (Wildman–Crippen LogP) is 4.18. The van der Waals surface area contributed by atoms with Crippen molar-refractivity contribution < 1.29 is 9.53 Å². The lowest BCUT2D eigenvalue weighted by Crippen LogP contribution is -2.31. The molecule has 32 heavy (non-hydrogen) atoms. The highest BCUT2D eigenvalue weighted by atomic mass is 32.1. The van der Waals surface area contributed by atoms with Crippen molar-refractivity contribution in [2.24, 2.45) is 0 Å². The quantitative estimate of drug-likeness (QED) is 0.463. The molecule has 162 valence electrons. The Labute approximate surface area is 190 Å². The summed E-state index contributed by atoms with van der Waals surface area (Å²) in [5.74, 6) is 0.675. The van der Waals surface area contributed by atoms with Gasteiger partial charge in [-0.2, -0.15) is 0 Å². The third-order valence-corrected chi connectivity index (χ3v) is 6.40. The van der Waals surface area contributed by atoms with E-state index in [9.17, 15) is 4.79 Å². The van der Waals surface area contributed by atoms with Crippen LogP contribution in [0.4, 0.5) is 0 Å². The highest BCUT2D eigenvalue weighted by Gasteiger charge is 2.17. The Balaban J connectivity index is 1.24. The Morgan fingerprint density at radius 3 is 2.94 bits per heavy atom. The number of benzene rings is 2. The Kier molecular flexibility index (Phi) is 6.18. The predicted molar refractivity (Wildman–Crippen MR) is 125 cm³/mol. The zero-order valence-electron chi connectivity index (χ0n) is 17.7. The van der Waals surface area contributed by atoms with Crippen molar-refractivity contribution in [3.63, 3.8) is 0 Å². The lowest BCUT2D eigenvalue weighted by Gasteiger charge is -2.11. The molecule has 0 aliphatic carbocycles. The molecule has 1 fully saturated rings. The van der Waals surface area contributed by atoms with Gasteiger partial charge >= 0.3 is 0 Å². The van der Waals surface area contributed by atoms with E-state index in [-0.39, 0.29) is 12.0 Å². The Hall–Kier alpha value is -3.16. The van der Waals surface area contributed by atoms with Crippen molar-refractivity contribution in [2.45, 2.75) is 31.8 Å². The molecule has 1 saturated heterocycles. The number of fused-ring (bicyclic) bond motifs is 1. The first kappa shape index (κ1) is 20.7. The number of rotatable bonds is 7. The van der Waals surface area contributed by atoms with Crippen LogP contribution in [0.2, 0.25) is 0 Å². The van der Waals surface area contributed by atoms with Gasteiger partial charge in [-0.3, -0.25) is 4.79 Å². The Morgan fingerprint density at radius 1 is 1.09 bits per heavy atom. The first-order valence-electron chi connectivity index (χ1n) is 10.8. The molecule has 3 heterocycles. The van der Waals surface area contributed by atoms with E-state index >= 15 is 0 Å². The molecular formula is C25H24N4O2S. The van der Waals surface area contributed by atoms with Crippen LogP contribution in [-0.2, 0) is 17.6 Å². The van der Waals surface area contributed by atoms with E-state index in [1.54, 1.807) is 17.5 Å². The van der Waals surface area contributed by atoms with Gasteiger partial charge in [0, 0.05) is 43.4 Å². The summed E-state index contributed by atoms with van der Waals surface area (Å²) >= 11 is 1.65. The van der Waals surface area contributed by atoms with Gasteiger partial charge in [-0.25, -0.2) is 15.0 Å². The first-order valence-corrected chi connectivity index (χ1v) is 11.7. The molecule has 0 saturated carbocycles. The SMILES string of the molecule is O=C(NCC1CCCO1)c1cccc(Cc2nccc(Cc3ccc4ncsc4c3)n2)c1. The monoisotopic (exact) mass is 444 g/mol. The van der Waals surface area contributed by atoms with Gasteiger partial charge in [-0.15, -0.1) is 11.3 Å². The van der Waals surface area contributed by atoms with E-state index < -0.39 is 0 Å². The van der Waals surface area contributed by atoms with Crippen molar-refractivity contribution in [1.29, 1.82) is 0 Å². The molecule has 4 aromatic rings. The van der Waals surface area contributed by atoms with Crippen LogP contribution >= 0.6 is 11.3 Å². The topological polar surface area (TPSA) is 77.0 Å². The van der Waals surface area contributed by atoms with E-state index in [0.29, 0.717) is 18.5 Å². The molecule has 5 rings (SSSR count). The molecular weight excluding hydrogens is 420 g/mol. The molecule has 1 aliphatic heterocycles. The Bertz CT molecular complexity index is 1230. The third-order valence-electron chi connectivity index (χ3n) is 5.61. The number of thiazole rings is 1. The minimum Gasteiger partial charge on any atom is -0.376 e. The van der Waals surface area contributed by atoms with Crippen LogP contribution in [0.5, 0.6) is 0 Å². The van der Waals surface area contributed by atoms with Crippen LogP contribution in [0.15, 0.2) is 60.2 Å². The number of ether oxygens (including phenoxy) is 1. The molecule has 0 spiro atoms. The number of amides is 1. The van der Waals surface area contributed by atoms with Crippen LogP contribution in [0.3, 0.4) is 0 Å². The maximum Gasteiger partial charge on any atom is 0.251 e. The number of nitrogens with one attached hydrogen (secondary N) is 1. The average molecular weight is 445 g/mol. The Morgan fingerprint density at radius 2 is 2.03 bits per heavy atom. The number of hydrogen-bond donors (Lipinski definition) is 1. The molecule has 6 nitrogen and oxygen atoms in total. The van der Waals surface area contributed by atoms with Crippen LogP contribution < -0.4 is 5.32 Å². The molecule has 0 bridgehead atoms. The maximum absolute atomic E-state index is 12.5. The number of carbonyl (C=O) groups is 1. The molecule has 7 heteroatoms. The second-order valence-electron chi connectivity index (χ2n) is 8.02. The van der Waals surface area contributed by atoms with Gasteiger partial charge in [-0.1, -0.05) is 18.2 Å². The van der Waals surface area contributed by atoms with Crippen molar-refractivity contribution in [2.75, 3.05) is 13.2 Å². The largest absolute Gasteiger partial charge is 0.376 e. The van der Waals surface area contributed by atoms with Crippen molar-refractivity contribution >= 4 is 27.5 Å². The molecule has 2 aromatic carbocycles. The zero-order valence-corrected chi connectivity index (χ0v) is 18.5. The van der Waals surface area contributed by atoms with Gasteiger partial charge in [0.05, 0.1) is 21.8 Å². The summed E-state index contributed by atoms with van der Waals surface area (Å²) in [5.41, 5.74) is 6.74. The summed E-state index contributed by atoms with van der Waals surface area (Å²) in [6.45, 7) is 1.34. The van der Waals surface area contributed by atoms with Crippen molar-refractivity contribution in [1.82, 2.24) is 20.3 Å². The number of nitrogens with zero attached hydrogens (tertiary/aromatic N) is 3. The van der Waals surface area contributed by atoms with E-state index in [1.807, 2.05) is 35.8 Å². The molecule has 1 atom stereocenters. The van der Waals surface area contributed by atoms with E-state index in [0.717, 1.165) is 48.5 Å². The van der Waals surface area contributed by atoms with Gasteiger partial charge in [0.25, 0.3) is 5.91 Å². The first-order chi connectivity index (χ1) is 15.7. The van der Waals surface area contributed by atoms with E-state index in [1.165, 1.54) is 10.3 Å². The smallest absolute Gasteiger partial charge is 0.251 e. The van der Waals surface area contributed by atoms with Gasteiger partial charge < -0.3 is 10.1 Å². The van der Waals surface area contributed by atoms with Crippen LogP contribution in [0.25, 0.3) is 10.2 Å². The molecule has 1 amide bonds. The van der Waals surface area contributed by atoms with Crippen molar-refractivity contribution in [3.8, 4) is 0 Å². The summed E-state index contributed by atoms with van der Waals surface area (Å²) in [4.78, 5) is 26.1. The normalized spacial score (nSPS) is 15.8. The summed E-state index contributed by atoms with van der Waals surface area (Å²) in [6.07, 6.45) is 5.33. The van der Waals surface area contributed by atoms with Gasteiger partial charge in [0.2, 0.25) is 0 Å². The second-order valence-corrected chi connectivity index (χ2v) is 8.90. The molecule has 1 unspecified atom stereocenters. The second kappa shape index (κ2) is 9.54. The lowest BCUT2D eigenvalue weighted by atomic mass is 10.1. The zero-order chi connectivity index (χ0) is 21.8. The summed E-state index contributed by atoms with van der Waals surface area (Å²) in [5, 5.41) is 2.98. The molecule has 1 N–H and O–H groups in total. The molecule has 0 radical (unpaired) electrons. The van der Waals surface area contributed by atoms with Gasteiger partial charge in [0.15, 0.2) is 0 Å². The highest BCUT2D eigenvalue weighted by molar-refractivity contribution is 7.16. The van der Waals surface area contributed by atoms with Gasteiger partial charge in [0.1, 0.15) is 5.82 Å². The minimum atomic E-state index is -0.0736. The summed E-state index contributed by atoms with van der Waals surface area (Å²) in [7, 11) is 0. The van der Waals surface area contributed by atoms with Crippen LogP contribution in [-0.4, -0.2) is 40.1 Å². The summed E-state index contributed by atoms with van der Waals surface area (Å²) in [6, 6.07) is 15.9. The number of carbonyl (C=O) groups excluding carboxylic acids is 1. The van der Waals surface area contributed by atoms with Crippen LogP contribution in [0.1, 0.15) is 45.8 Å². The fraction of sp³-hybridized carbons (Fsp3) is 0.280. The highest BCUT2D eigenvalue weighted by Crippen LogP contribution is 2.20. The van der Waals surface area contributed by atoms with Gasteiger partial charge in [-0.05, 0) is 54.3 Å². The van der Waals surface area contributed by atoms with E-state index in [2.05, 4.69) is 33.5 Å². The van der Waals surface area contributed by atoms with Crippen LogP contribution in [0, 0.1) is 0 Å². The van der Waals surface area contributed by atoms with Crippen molar-refractivity contribution in [3.05, 3.63) is 88.4 Å². The number of hydrogen-bond acceptors (Lipinski definition) is 6. The maximum atomic E-state index is 12.5. The number of aromatic nitrogens is 3. The lowest BCUT2D eigenvalue weighted by molar-refractivity contribution is 0.0857. The fourth-order valence-corrected chi connectivity index (χ4v) is 4.70. The average Bonchev–Trinajstić information content (AvgIpc) is 3.49. The third kappa shape index (κ3) is 5.00. The van der Waals surface area contributed by atoms with E-state index in [4.69, 9.17) is 9.72 Å².